The van der Waals surface area contributed by atoms with Gasteiger partial charge in [-0.25, -0.2) is 4.98 Å². The number of methoxy groups -OCH3 is 1. The Morgan fingerprint density at radius 1 is 1.40 bits per heavy atom. The van der Waals surface area contributed by atoms with Gasteiger partial charge in [-0.15, -0.1) is 0 Å². The maximum atomic E-state index is 12.3. The minimum Gasteiger partial charge on any atom is -0.480 e. The third-order valence-electron chi connectivity index (χ3n) is 3.00. The van der Waals surface area contributed by atoms with Crippen LogP contribution in [0.2, 0.25) is 0 Å². The van der Waals surface area contributed by atoms with Crippen LogP contribution in [0.15, 0.2) is 36.5 Å². The Hall–Kier alpha value is -2.40. The summed E-state index contributed by atoms with van der Waals surface area (Å²) >= 11 is 0. The highest BCUT2D eigenvalue weighted by Gasteiger charge is 2.13. The van der Waals surface area contributed by atoms with E-state index in [2.05, 4.69) is 10.3 Å². The molecule has 2 rings (SSSR count). The third-order valence-corrected chi connectivity index (χ3v) is 3.00. The Labute approximate surface area is 117 Å². The van der Waals surface area contributed by atoms with Crippen LogP contribution in [0.1, 0.15) is 21.5 Å². The summed E-state index contributed by atoms with van der Waals surface area (Å²) in [6.45, 7) is 2.36. The number of carbonyl (C=O) groups is 1. The lowest BCUT2D eigenvalue weighted by atomic mass is 10.1. The molecule has 0 spiro atoms. The molecule has 5 nitrogen and oxygen atoms in total. The van der Waals surface area contributed by atoms with E-state index in [1.165, 1.54) is 7.11 Å². The summed E-state index contributed by atoms with van der Waals surface area (Å²) in [6.07, 6.45) is 1.58. The maximum Gasteiger partial charge on any atom is 0.261 e. The number of aromatic nitrogens is 1. The highest BCUT2D eigenvalue weighted by atomic mass is 16.5. The first-order chi connectivity index (χ1) is 9.65. The molecule has 0 unspecified atom stereocenters. The molecule has 0 saturated heterocycles. The summed E-state index contributed by atoms with van der Waals surface area (Å²) in [5, 5.41) is 2.86. The van der Waals surface area contributed by atoms with E-state index >= 15 is 0 Å². The predicted octanol–water partition coefficient (Wildman–Crippen LogP) is 2.11. The molecule has 2 aromatic rings. The lowest BCUT2D eigenvalue weighted by molar-refractivity contribution is 0.102. The number of rotatable bonds is 4. The third kappa shape index (κ3) is 2.95. The monoisotopic (exact) mass is 271 g/mol. The van der Waals surface area contributed by atoms with Gasteiger partial charge in [0.15, 0.2) is 0 Å². The van der Waals surface area contributed by atoms with Crippen LogP contribution in [-0.2, 0) is 6.54 Å². The number of aryl methyl sites for hydroxylation is 1. The van der Waals surface area contributed by atoms with Gasteiger partial charge in [-0.1, -0.05) is 12.1 Å². The molecule has 20 heavy (non-hydrogen) atoms. The number of anilines is 1. The van der Waals surface area contributed by atoms with Gasteiger partial charge < -0.3 is 15.8 Å². The molecule has 0 bridgehead atoms. The molecule has 0 aliphatic carbocycles. The molecule has 0 aliphatic heterocycles. The zero-order chi connectivity index (χ0) is 14.5. The molecule has 3 N–H and O–H groups in total. The highest BCUT2D eigenvalue weighted by Crippen LogP contribution is 2.20. The van der Waals surface area contributed by atoms with E-state index in [4.69, 9.17) is 10.5 Å². The zero-order valence-electron chi connectivity index (χ0n) is 11.5. The van der Waals surface area contributed by atoms with Crippen molar-refractivity contribution in [2.75, 3.05) is 12.4 Å². The van der Waals surface area contributed by atoms with E-state index in [-0.39, 0.29) is 5.91 Å². The van der Waals surface area contributed by atoms with Crippen molar-refractivity contribution in [1.29, 1.82) is 0 Å². The van der Waals surface area contributed by atoms with Gasteiger partial charge in [0.25, 0.3) is 5.91 Å². The average molecular weight is 271 g/mol. The van der Waals surface area contributed by atoms with Crippen molar-refractivity contribution in [1.82, 2.24) is 4.98 Å². The predicted molar refractivity (Wildman–Crippen MR) is 77.8 cm³/mol. The van der Waals surface area contributed by atoms with Crippen LogP contribution in [0.25, 0.3) is 0 Å². The molecule has 1 aromatic heterocycles. The maximum absolute atomic E-state index is 12.3. The van der Waals surface area contributed by atoms with Gasteiger partial charge in [-0.3, -0.25) is 4.79 Å². The van der Waals surface area contributed by atoms with Crippen molar-refractivity contribution in [2.24, 2.45) is 5.73 Å². The molecule has 5 heteroatoms. The van der Waals surface area contributed by atoms with Crippen LogP contribution < -0.4 is 15.8 Å². The largest absolute Gasteiger partial charge is 0.480 e. The summed E-state index contributed by atoms with van der Waals surface area (Å²) in [5.41, 5.74) is 8.68. The van der Waals surface area contributed by atoms with E-state index in [9.17, 15) is 4.79 Å². The Balaban J connectivity index is 2.27. The quantitative estimate of drug-likeness (QED) is 0.892. The zero-order valence-corrected chi connectivity index (χ0v) is 11.5. The van der Waals surface area contributed by atoms with Gasteiger partial charge in [-0.05, 0) is 36.2 Å². The lowest BCUT2D eigenvalue weighted by Crippen LogP contribution is -2.15. The van der Waals surface area contributed by atoms with Gasteiger partial charge >= 0.3 is 0 Å². The second kappa shape index (κ2) is 6.16. The Bertz CT molecular complexity index is 626. The summed E-state index contributed by atoms with van der Waals surface area (Å²) in [6, 6.07) is 9.11. The van der Waals surface area contributed by atoms with Crippen LogP contribution in [0, 0.1) is 6.92 Å². The number of hydrogen-bond donors (Lipinski definition) is 2. The molecule has 1 aromatic carbocycles. The van der Waals surface area contributed by atoms with Gasteiger partial charge in [0.1, 0.15) is 5.56 Å². The van der Waals surface area contributed by atoms with Crippen molar-refractivity contribution in [3.63, 3.8) is 0 Å². The average Bonchev–Trinajstić information content (AvgIpc) is 2.49. The van der Waals surface area contributed by atoms with E-state index < -0.39 is 0 Å². The Kier molecular flexibility index (Phi) is 4.32. The summed E-state index contributed by atoms with van der Waals surface area (Å²) < 4.78 is 5.09. The first kappa shape index (κ1) is 14.0. The summed E-state index contributed by atoms with van der Waals surface area (Å²) in [7, 11) is 1.49. The van der Waals surface area contributed by atoms with Crippen LogP contribution in [0.5, 0.6) is 5.88 Å². The molecule has 0 saturated carbocycles. The second-order valence-corrected chi connectivity index (χ2v) is 4.37. The van der Waals surface area contributed by atoms with E-state index in [1.54, 1.807) is 18.3 Å². The fourth-order valence-corrected chi connectivity index (χ4v) is 1.85. The number of nitrogens with one attached hydrogen (secondary N) is 1. The second-order valence-electron chi connectivity index (χ2n) is 4.37. The van der Waals surface area contributed by atoms with E-state index in [1.807, 2.05) is 25.1 Å². The van der Waals surface area contributed by atoms with E-state index in [0.29, 0.717) is 18.0 Å². The van der Waals surface area contributed by atoms with Crippen molar-refractivity contribution < 1.29 is 9.53 Å². The van der Waals surface area contributed by atoms with Gasteiger partial charge in [-0.2, -0.15) is 0 Å². The Morgan fingerprint density at radius 3 is 2.90 bits per heavy atom. The summed E-state index contributed by atoms with van der Waals surface area (Å²) in [5.74, 6) is 0.0462. The van der Waals surface area contributed by atoms with Gasteiger partial charge in [0, 0.05) is 18.4 Å². The fourth-order valence-electron chi connectivity index (χ4n) is 1.85. The normalized spacial score (nSPS) is 10.2. The molecule has 1 heterocycles. The highest BCUT2D eigenvalue weighted by molar-refractivity contribution is 6.06. The molecule has 1 amide bonds. The van der Waals surface area contributed by atoms with Gasteiger partial charge in [0.2, 0.25) is 5.88 Å². The smallest absolute Gasteiger partial charge is 0.261 e. The molecule has 0 aliphatic rings. The van der Waals surface area contributed by atoms with Crippen molar-refractivity contribution in [2.45, 2.75) is 13.5 Å². The number of pyridine rings is 1. The minimum atomic E-state index is -0.257. The Morgan fingerprint density at radius 2 is 2.20 bits per heavy atom. The van der Waals surface area contributed by atoms with E-state index in [0.717, 1.165) is 16.8 Å². The molecule has 0 atom stereocenters. The fraction of sp³-hybridized carbons (Fsp3) is 0.200. The first-order valence-corrected chi connectivity index (χ1v) is 6.25. The standard InChI is InChI=1S/C15H17N3O2/c1-10-5-6-11(9-16)8-13(10)18-14(19)12-4-3-7-17-15(12)20-2/h3-8H,9,16H2,1-2H3,(H,18,19). The molecule has 104 valence electrons. The number of benzene rings is 1. The van der Waals surface area contributed by atoms with Crippen molar-refractivity contribution in [3.05, 3.63) is 53.2 Å². The number of ether oxygens (including phenoxy) is 1. The van der Waals surface area contributed by atoms with Crippen molar-refractivity contribution >= 4 is 11.6 Å². The van der Waals surface area contributed by atoms with Crippen LogP contribution in [-0.4, -0.2) is 18.0 Å². The minimum absolute atomic E-state index is 0.257. The molecular weight excluding hydrogens is 254 g/mol. The van der Waals surface area contributed by atoms with Gasteiger partial charge in [0.05, 0.1) is 7.11 Å². The summed E-state index contributed by atoms with van der Waals surface area (Å²) in [4.78, 5) is 16.3. The molecule has 0 radical (unpaired) electrons. The number of nitrogens with two attached hydrogens (primary N) is 1. The molecular formula is C15H17N3O2. The van der Waals surface area contributed by atoms with Crippen LogP contribution >= 0.6 is 0 Å². The topological polar surface area (TPSA) is 77.2 Å². The number of hydrogen-bond acceptors (Lipinski definition) is 4. The number of carbonyl (C=O) groups excluding carboxylic acids is 1. The molecule has 0 fully saturated rings. The SMILES string of the molecule is COc1ncccc1C(=O)Nc1cc(CN)ccc1C. The van der Waals surface area contributed by atoms with Crippen molar-refractivity contribution in [3.8, 4) is 5.88 Å². The van der Waals surface area contributed by atoms with Crippen LogP contribution in [0.3, 0.4) is 0 Å². The number of amides is 1. The first-order valence-electron chi connectivity index (χ1n) is 6.25. The lowest BCUT2D eigenvalue weighted by Gasteiger charge is -2.11. The number of nitrogens with zero attached hydrogens (tertiary/aromatic N) is 1. The van der Waals surface area contributed by atoms with Crippen LogP contribution in [0.4, 0.5) is 5.69 Å².